The highest BCUT2D eigenvalue weighted by atomic mass is 19.4. The standard InChI is InChI=1S/C25H25F3N6O5/c1-14(2)11-34-12-20(38-13-25(26,27)28)23(33-34)24(35)30-21-5-6-22(32-31-21)39-17-7-8-29-16-10-19(37-4)18(36-3)9-15(16)17/h5-10,12,14H,11,13H2,1-4H3,(H,30,31,35). The van der Waals surface area contributed by atoms with Crippen molar-refractivity contribution in [3.05, 3.63) is 48.4 Å². The number of carbonyl (C=O) groups excluding carboxylic acids is 1. The molecule has 0 aliphatic carbocycles. The summed E-state index contributed by atoms with van der Waals surface area (Å²) in [4.78, 5) is 17.1. The van der Waals surface area contributed by atoms with E-state index in [2.05, 4.69) is 25.6 Å². The Morgan fingerprint density at radius 3 is 2.41 bits per heavy atom. The molecule has 14 heteroatoms. The van der Waals surface area contributed by atoms with Crippen molar-refractivity contribution in [2.24, 2.45) is 5.92 Å². The van der Waals surface area contributed by atoms with E-state index >= 15 is 0 Å². The third kappa shape index (κ3) is 6.83. The summed E-state index contributed by atoms with van der Waals surface area (Å²) in [5, 5.41) is 15.1. The number of pyridine rings is 1. The Labute approximate surface area is 220 Å². The largest absolute Gasteiger partial charge is 0.493 e. The topological polar surface area (TPSA) is 123 Å². The third-order valence-corrected chi connectivity index (χ3v) is 5.19. The minimum absolute atomic E-state index is 0.0264. The fraction of sp³-hybridized carbons (Fsp3) is 0.320. The number of alkyl halides is 3. The zero-order valence-electron chi connectivity index (χ0n) is 21.4. The average molecular weight is 547 g/mol. The molecule has 0 fully saturated rings. The number of methoxy groups -OCH3 is 2. The fourth-order valence-corrected chi connectivity index (χ4v) is 3.56. The van der Waals surface area contributed by atoms with Gasteiger partial charge in [-0.3, -0.25) is 14.5 Å². The predicted octanol–water partition coefficient (Wildman–Crippen LogP) is 4.88. The highest BCUT2D eigenvalue weighted by Gasteiger charge is 2.30. The van der Waals surface area contributed by atoms with Gasteiger partial charge in [0, 0.05) is 30.3 Å². The number of benzene rings is 1. The Morgan fingerprint density at radius 2 is 1.77 bits per heavy atom. The second kappa shape index (κ2) is 11.4. The minimum atomic E-state index is -4.58. The second-order valence-electron chi connectivity index (χ2n) is 8.71. The van der Waals surface area contributed by atoms with E-state index in [1.54, 1.807) is 24.4 Å². The normalized spacial score (nSPS) is 11.5. The van der Waals surface area contributed by atoms with Gasteiger partial charge in [0.05, 0.1) is 25.9 Å². The molecule has 0 spiro atoms. The lowest BCUT2D eigenvalue weighted by molar-refractivity contribution is -0.153. The molecule has 1 N–H and O–H groups in total. The number of ether oxygens (including phenoxy) is 4. The SMILES string of the molecule is COc1cc2nccc(Oc3ccc(NC(=O)c4nn(CC(C)C)cc4OCC(F)(F)F)nn3)c2cc1OC. The molecular weight excluding hydrogens is 521 g/mol. The number of fused-ring (bicyclic) bond motifs is 1. The molecule has 4 aromatic rings. The van der Waals surface area contributed by atoms with Gasteiger partial charge in [0.2, 0.25) is 5.88 Å². The van der Waals surface area contributed by atoms with Gasteiger partial charge in [-0.25, -0.2) is 0 Å². The molecule has 39 heavy (non-hydrogen) atoms. The van der Waals surface area contributed by atoms with Crippen molar-refractivity contribution < 1.29 is 36.9 Å². The molecule has 11 nitrogen and oxygen atoms in total. The molecule has 0 bridgehead atoms. The van der Waals surface area contributed by atoms with Crippen LogP contribution in [0.25, 0.3) is 10.9 Å². The molecule has 4 rings (SSSR count). The van der Waals surface area contributed by atoms with Crippen LogP contribution >= 0.6 is 0 Å². The summed E-state index contributed by atoms with van der Waals surface area (Å²) in [7, 11) is 3.03. The summed E-state index contributed by atoms with van der Waals surface area (Å²) in [5.74, 6) is 0.597. The summed E-state index contributed by atoms with van der Waals surface area (Å²) >= 11 is 0. The summed E-state index contributed by atoms with van der Waals surface area (Å²) < 4.78 is 60.8. The Kier molecular flexibility index (Phi) is 8.02. The predicted molar refractivity (Wildman–Crippen MR) is 134 cm³/mol. The van der Waals surface area contributed by atoms with Crippen LogP contribution in [0.1, 0.15) is 24.3 Å². The number of anilines is 1. The van der Waals surface area contributed by atoms with Crippen LogP contribution in [0, 0.1) is 5.92 Å². The Bertz CT molecular complexity index is 1460. The lowest BCUT2D eigenvalue weighted by atomic mass is 10.2. The van der Waals surface area contributed by atoms with Crippen molar-refractivity contribution in [2.75, 3.05) is 26.1 Å². The van der Waals surface area contributed by atoms with Gasteiger partial charge in [-0.15, -0.1) is 10.2 Å². The summed E-state index contributed by atoms with van der Waals surface area (Å²) in [6.45, 7) is 2.62. The lowest BCUT2D eigenvalue weighted by Gasteiger charge is -2.12. The van der Waals surface area contributed by atoms with Crippen molar-refractivity contribution in [3.8, 4) is 28.9 Å². The number of rotatable bonds is 10. The third-order valence-electron chi connectivity index (χ3n) is 5.19. The van der Waals surface area contributed by atoms with Crippen molar-refractivity contribution in [1.82, 2.24) is 25.0 Å². The van der Waals surface area contributed by atoms with Crippen LogP contribution in [0.4, 0.5) is 19.0 Å². The van der Waals surface area contributed by atoms with E-state index in [0.29, 0.717) is 34.7 Å². The zero-order chi connectivity index (χ0) is 28.2. The maximum absolute atomic E-state index is 12.8. The Hall–Kier alpha value is -4.62. The zero-order valence-corrected chi connectivity index (χ0v) is 21.4. The number of nitrogens with zero attached hydrogens (tertiary/aromatic N) is 5. The monoisotopic (exact) mass is 546 g/mol. The quantitative estimate of drug-likeness (QED) is 0.296. The molecule has 3 heterocycles. The van der Waals surface area contributed by atoms with Crippen LogP contribution in [0.15, 0.2) is 42.7 Å². The molecule has 3 aromatic heterocycles. The van der Waals surface area contributed by atoms with Crippen LogP contribution in [-0.4, -0.2) is 57.9 Å². The molecule has 0 saturated carbocycles. The van der Waals surface area contributed by atoms with Gasteiger partial charge < -0.3 is 24.3 Å². The van der Waals surface area contributed by atoms with E-state index in [9.17, 15) is 18.0 Å². The Balaban J connectivity index is 1.51. The molecule has 0 aliphatic heterocycles. The van der Waals surface area contributed by atoms with E-state index in [-0.39, 0.29) is 29.1 Å². The summed E-state index contributed by atoms with van der Waals surface area (Å²) in [6, 6.07) is 7.96. The minimum Gasteiger partial charge on any atom is -0.493 e. The number of halogens is 3. The van der Waals surface area contributed by atoms with E-state index in [1.165, 1.54) is 37.2 Å². The van der Waals surface area contributed by atoms with Crippen LogP contribution in [0.2, 0.25) is 0 Å². The van der Waals surface area contributed by atoms with Crippen molar-refractivity contribution >= 4 is 22.6 Å². The molecular formula is C25H25F3N6O5. The second-order valence-corrected chi connectivity index (χ2v) is 8.71. The number of aromatic nitrogens is 5. The molecule has 206 valence electrons. The van der Waals surface area contributed by atoms with Gasteiger partial charge in [0.1, 0.15) is 5.75 Å². The average Bonchev–Trinajstić information content (AvgIpc) is 3.29. The smallest absolute Gasteiger partial charge is 0.422 e. The summed E-state index contributed by atoms with van der Waals surface area (Å²) in [5.41, 5.74) is 0.289. The molecule has 1 amide bonds. The van der Waals surface area contributed by atoms with Gasteiger partial charge in [-0.05, 0) is 24.1 Å². The van der Waals surface area contributed by atoms with E-state index < -0.39 is 18.7 Å². The van der Waals surface area contributed by atoms with E-state index in [1.807, 2.05) is 13.8 Å². The number of nitrogens with one attached hydrogen (secondary N) is 1. The first-order valence-electron chi connectivity index (χ1n) is 11.7. The fourth-order valence-electron chi connectivity index (χ4n) is 3.56. The number of carbonyl (C=O) groups is 1. The van der Waals surface area contributed by atoms with Crippen LogP contribution in [0.5, 0.6) is 28.9 Å². The molecule has 0 aliphatic rings. The summed E-state index contributed by atoms with van der Waals surface area (Å²) in [6.07, 6.45) is -1.76. The molecule has 0 atom stereocenters. The van der Waals surface area contributed by atoms with Crippen LogP contribution < -0.4 is 24.3 Å². The van der Waals surface area contributed by atoms with Crippen LogP contribution in [0.3, 0.4) is 0 Å². The number of hydrogen-bond acceptors (Lipinski definition) is 9. The molecule has 1 aromatic carbocycles. The maximum Gasteiger partial charge on any atom is 0.422 e. The highest BCUT2D eigenvalue weighted by Crippen LogP contribution is 2.36. The van der Waals surface area contributed by atoms with E-state index in [0.717, 1.165) is 0 Å². The van der Waals surface area contributed by atoms with Gasteiger partial charge in [-0.1, -0.05) is 13.8 Å². The number of amides is 1. The van der Waals surface area contributed by atoms with Crippen molar-refractivity contribution in [3.63, 3.8) is 0 Å². The first kappa shape index (κ1) is 27.4. The van der Waals surface area contributed by atoms with Crippen LogP contribution in [-0.2, 0) is 6.54 Å². The Morgan fingerprint density at radius 1 is 1.03 bits per heavy atom. The lowest BCUT2D eigenvalue weighted by Crippen LogP contribution is -2.21. The van der Waals surface area contributed by atoms with Crippen molar-refractivity contribution in [2.45, 2.75) is 26.6 Å². The first-order chi connectivity index (χ1) is 18.6. The maximum atomic E-state index is 12.8. The van der Waals surface area contributed by atoms with Gasteiger partial charge in [0.25, 0.3) is 5.91 Å². The highest BCUT2D eigenvalue weighted by molar-refractivity contribution is 6.04. The van der Waals surface area contributed by atoms with Crippen molar-refractivity contribution in [1.29, 1.82) is 0 Å². The molecule has 0 radical (unpaired) electrons. The van der Waals surface area contributed by atoms with E-state index in [4.69, 9.17) is 18.9 Å². The number of hydrogen-bond donors (Lipinski definition) is 1. The van der Waals surface area contributed by atoms with Gasteiger partial charge in [-0.2, -0.15) is 18.3 Å². The molecule has 0 unspecified atom stereocenters. The molecule has 0 saturated heterocycles. The first-order valence-corrected chi connectivity index (χ1v) is 11.7. The van der Waals surface area contributed by atoms with Gasteiger partial charge in [0.15, 0.2) is 35.4 Å². The van der Waals surface area contributed by atoms with Gasteiger partial charge >= 0.3 is 6.18 Å².